The molecule has 0 atom stereocenters. The molecule has 0 unspecified atom stereocenters. The van der Waals surface area contributed by atoms with Gasteiger partial charge in [0.25, 0.3) is 0 Å². The molecule has 1 aromatic rings. The van der Waals surface area contributed by atoms with Crippen LogP contribution in [0, 0.1) is 0 Å². The molecule has 0 aliphatic carbocycles. The van der Waals surface area contributed by atoms with Gasteiger partial charge in [-0.25, -0.2) is 0 Å². The average Bonchev–Trinajstić information content (AvgIpc) is 3.02. The quantitative estimate of drug-likeness (QED) is 0.719. The number of carbonyl (C=O) groups is 3. The molecule has 1 N–H and O–H groups in total. The van der Waals surface area contributed by atoms with Gasteiger partial charge in [0.15, 0.2) is 0 Å². The third kappa shape index (κ3) is 5.42. The molecule has 7 heteroatoms. The zero-order valence-electron chi connectivity index (χ0n) is 14.2. The highest BCUT2D eigenvalue weighted by atomic mass is 16.5. The van der Waals surface area contributed by atoms with E-state index in [1.807, 2.05) is 24.3 Å². The Hall–Kier alpha value is -2.67. The van der Waals surface area contributed by atoms with Crippen molar-refractivity contribution in [1.29, 1.82) is 0 Å². The Morgan fingerprint density at radius 1 is 1.32 bits per heavy atom. The van der Waals surface area contributed by atoms with Crippen molar-refractivity contribution in [2.75, 3.05) is 38.3 Å². The lowest BCUT2D eigenvalue weighted by atomic mass is 10.2. The first-order valence-corrected chi connectivity index (χ1v) is 8.09. The van der Waals surface area contributed by atoms with Gasteiger partial charge >= 0.3 is 5.97 Å². The second-order valence-corrected chi connectivity index (χ2v) is 5.72. The fourth-order valence-electron chi connectivity index (χ4n) is 2.59. The average molecular weight is 346 g/mol. The van der Waals surface area contributed by atoms with Gasteiger partial charge in [-0.05, 0) is 30.2 Å². The topological polar surface area (TPSA) is 87.2 Å². The van der Waals surface area contributed by atoms with Gasteiger partial charge in [-0.1, -0.05) is 12.1 Å². The first-order chi connectivity index (χ1) is 12.0. The smallest absolute Gasteiger partial charge is 0.323 e. The third-order valence-electron chi connectivity index (χ3n) is 3.90. The van der Waals surface area contributed by atoms with Gasteiger partial charge in [0, 0.05) is 38.4 Å². The molecule has 134 valence electrons. The van der Waals surface area contributed by atoms with Crippen molar-refractivity contribution in [2.45, 2.75) is 12.8 Å². The molecule has 0 saturated carbocycles. The van der Waals surface area contributed by atoms with E-state index >= 15 is 0 Å². The minimum absolute atomic E-state index is 0.126. The summed E-state index contributed by atoms with van der Waals surface area (Å²) >= 11 is 0. The van der Waals surface area contributed by atoms with E-state index in [9.17, 15) is 14.4 Å². The predicted octanol–water partition coefficient (Wildman–Crippen LogP) is 1.39. The molecule has 0 bridgehead atoms. The number of amides is 2. The minimum Gasteiger partial charge on any atom is -0.480 e. The second-order valence-electron chi connectivity index (χ2n) is 5.72. The number of benzene rings is 1. The number of carbonyl (C=O) groups excluding carboxylic acids is 2. The number of carboxylic acid groups (broad SMARTS) is 1. The number of aliphatic carboxylic acids is 1. The number of hydrogen-bond acceptors (Lipinski definition) is 4. The summed E-state index contributed by atoms with van der Waals surface area (Å²) in [6, 6.07) is 7.32. The molecule has 1 saturated heterocycles. The fraction of sp³-hybridized carbons (Fsp3) is 0.389. The summed E-state index contributed by atoms with van der Waals surface area (Å²) in [6.45, 7) is 0.839. The van der Waals surface area contributed by atoms with Crippen molar-refractivity contribution in [3.05, 3.63) is 35.9 Å². The Morgan fingerprint density at radius 2 is 2.04 bits per heavy atom. The highest BCUT2D eigenvalue weighted by Crippen LogP contribution is 2.21. The number of carboxylic acids is 1. The van der Waals surface area contributed by atoms with E-state index in [0.717, 1.165) is 24.2 Å². The molecule has 2 amide bonds. The molecule has 1 aromatic carbocycles. The Balaban J connectivity index is 2.00. The molecule has 7 nitrogen and oxygen atoms in total. The summed E-state index contributed by atoms with van der Waals surface area (Å²) in [6.07, 6.45) is 4.42. The summed E-state index contributed by atoms with van der Waals surface area (Å²) in [5.74, 6) is -1.34. The van der Waals surface area contributed by atoms with Crippen LogP contribution in [0.25, 0.3) is 6.08 Å². The molecule has 2 rings (SSSR count). The lowest BCUT2D eigenvalue weighted by Crippen LogP contribution is -2.36. The van der Waals surface area contributed by atoms with Crippen LogP contribution in [-0.4, -0.2) is 61.1 Å². The van der Waals surface area contributed by atoms with Gasteiger partial charge in [-0.3, -0.25) is 14.4 Å². The van der Waals surface area contributed by atoms with Crippen LogP contribution in [-0.2, 0) is 19.1 Å². The molecule has 1 fully saturated rings. The van der Waals surface area contributed by atoms with Crippen LogP contribution in [0.4, 0.5) is 5.69 Å². The predicted molar refractivity (Wildman–Crippen MR) is 93.2 cm³/mol. The summed E-state index contributed by atoms with van der Waals surface area (Å²) in [4.78, 5) is 37.7. The van der Waals surface area contributed by atoms with Gasteiger partial charge < -0.3 is 19.6 Å². The highest BCUT2D eigenvalue weighted by molar-refractivity contribution is 5.96. The first kappa shape index (κ1) is 18.7. The number of methoxy groups -OCH3 is 1. The fourth-order valence-corrected chi connectivity index (χ4v) is 2.59. The summed E-state index contributed by atoms with van der Waals surface area (Å²) < 4.78 is 4.89. The number of nitrogens with zero attached hydrogens (tertiary/aromatic N) is 2. The van der Waals surface area contributed by atoms with Crippen LogP contribution < -0.4 is 4.90 Å². The third-order valence-corrected chi connectivity index (χ3v) is 3.90. The van der Waals surface area contributed by atoms with Crippen LogP contribution in [0.2, 0.25) is 0 Å². The van der Waals surface area contributed by atoms with Gasteiger partial charge in [0.1, 0.15) is 6.54 Å². The van der Waals surface area contributed by atoms with E-state index in [-0.39, 0.29) is 25.6 Å². The second kappa shape index (κ2) is 8.98. The molecular formula is C18H22N2O5. The van der Waals surface area contributed by atoms with Crippen LogP contribution in [0.3, 0.4) is 0 Å². The molecule has 0 spiro atoms. The zero-order valence-corrected chi connectivity index (χ0v) is 14.2. The number of ether oxygens (including phenoxy) is 1. The maximum absolute atomic E-state index is 12.1. The zero-order chi connectivity index (χ0) is 18.2. The van der Waals surface area contributed by atoms with Crippen LogP contribution in [0.5, 0.6) is 0 Å². The Kier molecular flexibility index (Phi) is 6.71. The molecule has 1 aliphatic rings. The monoisotopic (exact) mass is 346 g/mol. The van der Waals surface area contributed by atoms with Gasteiger partial charge in [0.05, 0.1) is 6.61 Å². The normalized spacial score (nSPS) is 14.3. The lowest BCUT2D eigenvalue weighted by Gasteiger charge is -2.18. The van der Waals surface area contributed by atoms with Crippen molar-refractivity contribution >= 4 is 29.5 Å². The Morgan fingerprint density at radius 3 is 2.60 bits per heavy atom. The van der Waals surface area contributed by atoms with Crippen molar-refractivity contribution in [2.24, 2.45) is 0 Å². The Bertz CT molecular complexity index is 654. The van der Waals surface area contributed by atoms with E-state index in [0.29, 0.717) is 6.42 Å². The van der Waals surface area contributed by atoms with E-state index < -0.39 is 11.9 Å². The number of anilines is 1. The van der Waals surface area contributed by atoms with Crippen molar-refractivity contribution in [3.63, 3.8) is 0 Å². The van der Waals surface area contributed by atoms with Crippen LogP contribution in [0.1, 0.15) is 18.4 Å². The van der Waals surface area contributed by atoms with E-state index in [4.69, 9.17) is 9.84 Å². The summed E-state index contributed by atoms with van der Waals surface area (Å²) in [5.41, 5.74) is 1.64. The molecule has 1 aliphatic heterocycles. The summed E-state index contributed by atoms with van der Waals surface area (Å²) in [7, 11) is 1.49. The summed E-state index contributed by atoms with van der Waals surface area (Å²) in [5, 5.41) is 8.88. The molecule has 0 radical (unpaired) electrons. The largest absolute Gasteiger partial charge is 0.480 e. The van der Waals surface area contributed by atoms with Gasteiger partial charge in [-0.15, -0.1) is 0 Å². The van der Waals surface area contributed by atoms with Crippen molar-refractivity contribution < 1.29 is 24.2 Å². The van der Waals surface area contributed by atoms with Crippen LogP contribution in [0.15, 0.2) is 30.3 Å². The van der Waals surface area contributed by atoms with E-state index in [1.165, 1.54) is 18.1 Å². The number of rotatable bonds is 8. The van der Waals surface area contributed by atoms with Crippen molar-refractivity contribution in [1.82, 2.24) is 4.90 Å². The minimum atomic E-state index is -1.07. The molecule has 0 aromatic heterocycles. The molecule has 25 heavy (non-hydrogen) atoms. The standard InChI is InChI=1S/C18H22N2O5/c1-25-12-11-19(13-18(23)24)16(21)9-6-14-4-7-15(8-5-14)20-10-2-3-17(20)22/h4-9H,2-3,10-13H2,1H3,(H,23,24). The molecular weight excluding hydrogens is 324 g/mol. The SMILES string of the molecule is COCCN(CC(=O)O)C(=O)C=Cc1ccc(N2CCCC2=O)cc1. The highest BCUT2D eigenvalue weighted by Gasteiger charge is 2.21. The van der Waals surface area contributed by atoms with Crippen LogP contribution >= 0.6 is 0 Å². The number of hydrogen-bond donors (Lipinski definition) is 1. The van der Waals surface area contributed by atoms with E-state index in [1.54, 1.807) is 11.0 Å². The van der Waals surface area contributed by atoms with Gasteiger partial charge in [0.2, 0.25) is 11.8 Å². The van der Waals surface area contributed by atoms with E-state index in [2.05, 4.69) is 0 Å². The van der Waals surface area contributed by atoms with Crippen molar-refractivity contribution in [3.8, 4) is 0 Å². The lowest BCUT2D eigenvalue weighted by molar-refractivity contribution is -0.143. The maximum Gasteiger partial charge on any atom is 0.323 e. The van der Waals surface area contributed by atoms with Gasteiger partial charge in [-0.2, -0.15) is 0 Å². The maximum atomic E-state index is 12.1. The molecule has 1 heterocycles. The Labute approximate surface area is 146 Å². The first-order valence-electron chi connectivity index (χ1n) is 8.09.